The normalized spacial score (nSPS) is 10.6. The van der Waals surface area contributed by atoms with E-state index in [4.69, 9.17) is 5.11 Å². The van der Waals surface area contributed by atoms with Crippen LogP contribution in [0.2, 0.25) is 0 Å². The van der Waals surface area contributed by atoms with Gasteiger partial charge in [-0.2, -0.15) is 0 Å². The zero-order valence-electron chi connectivity index (χ0n) is 5.94. The predicted molar refractivity (Wildman–Crippen MR) is 39.1 cm³/mol. The van der Waals surface area contributed by atoms with Gasteiger partial charge in [0.1, 0.15) is 0 Å². The van der Waals surface area contributed by atoms with Crippen molar-refractivity contribution in [2.75, 3.05) is 0 Å². The Bertz CT molecular complexity index is 208. The number of carboxylic acids is 1. The molecule has 2 N–H and O–H groups in total. The Kier molecular flexibility index (Phi) is 4.39. The van der Waals surface area contributed by atoms with E-state index in [-0.39, 0.29) is 5.91 Å². The van der Waals surface area contributed by atoms with Crippen molar-refractivity contribution in [2.45, 2.75) is 6.92 Å². The van der Waals surface area contributed by atoms with Crippen LogP contribution in [0.3, 0.4) is 0 Å². The average Bonchev–Trinajstić information content (AvgIpc) is 1.85. The third kappa shape index (κ3) is 8.35. The molecule has 5 heteroatoms. The van der Waals surface area contributed by atoms with Gasteiger partial charge in [0.15, 0.2) is 0 Å². The number of aliphatic imine (C=N–C) groups is 1. The minimum atomic E-state index is -1.08. The summed E-state index contributed by atoms with van der Waals surface area (Å²) in [5.74, 6) is -1.33. The van der Waals surface area contributed by atoms with Crippen molar-refractivity contribution in [3.63, 3.8) is 0 Å². The van der Waals surface area contributed by atoms with Gasteiger partial charge in [-0.15, -0.1) is 0 Å². The van der Waals surface area contributed by atoms with Crippen LogP contribution in [0.15, 0.2) is 17.3 Å². The van der Waals surface area contributed by atoms with Crippen LogP contribution in [0.4, 0.5) is 0 Å². The smallest absolute Gasteiger partial charge is 0.329 e. The molecule has 1 amide bonds. The van der Waals surface area contributed by atoms with E-state index in [2.05, 4.69) is 10.3 Å². The number of carbonyl (C=O) groups excluding carboxylic acids is 1. The molecule has 0 unspecified atom stereocenters. The third-order valence-electron chi connectivity index (χ3n) is 0.646. The summed E-state index contributed by atoms with van der Waals surface area (Å²) in [7, 11) is 0. The summed E-state index contributed by atoms with van der Waals surface area (Å²) in [6.07, 6.45) is 3.04. The molecule has 0 fully saturated rings. The first-order valence-corrected chi connectivity index (χ1v) is 2.81. The van der Waals surface area contributed by atoms with E-state index in [1.54, 1.807) is 0 Å². The van der Waals surface area contributed by atoms with Crippen molar-refractivity contribution in [1.82, 2.24) is 5.32 Å². The summed E-state index contributed by atoms with van der Waals surface area (Å²) in [4.78, 5) is 23.5. The highest BCUT2D eigenvalue weighted by molar-refractivity contribution is 5.86. The highest BCUT2D eigenvalue weighted by Gasteiger charge is 1.82. The van der Waals surface area contributed by atoms with Crippen LogP contribution >= 0.6 is 0 Å². The van der Waals surface area contributed by atoms with Crippen LogP contribution in [0.25, 0.3) is 0 Å². The molecule has 0 aliphatic heterocycles. The van der Waals surface area contributed by atoms with Gasteiger partial charge in [-0.05, 0) is 0 Å². The summed E-state index contributed by atoms with van der Waals surface area (Å²) in [5.41, 5.74) is 0. The second-order valence-electron chi connectivity index (χ2n) is 1.63. The molecule has 0 atom stereocenters. The lowest BCUT2D eigenvalue weighted by Crippen LogP contribution is -2.16. The molecule has 0 spiro atoms. The first-order chi connectivity index (χ1) is 5.13. The molecule has 0 saturated carbocycles. The number of nitrogens with zero attached hydrogens (tertiary/aromatic N) is 1. The summed E-state index contributed by atoms with van der Waals surface area (Å²) in [5, 5.41) is 10.3. The molecular weight excluding hydrogens is 148 g/mol. The number of carboxylic acid groups (broad SMARTS) is 1. The molecule has 11 heavy (non-hydrogen) atoms. The molecule has 0 aromatic rings. The Morgan fingerprint density at radius 3 is 2.64 bits per heavy atom. The fourth-order valence-electron chi connectivity index (χ4n) is 0.278. The first kappa shape index (κ1) is 9.35. The van der Waals surface area contributed by atoms with Gasteiger partial charge in [0.25, 0.3) is 0 Å². The molecule has 60 valence electrons. The summed E-state index contributed by atoms with van der Waals surface area (Å²) in [6, 6.07) is 0. The number of nitrogens with one attached hydrogen (secondary N) is 1. The highest BCUT2D eigenvalue weighted by Crippen LogP contribution is 1.71. The molecule has 0 heterocycles. The molecular formula is C6H8N2O3. The highest BCUT2D eigenvalue weighted by atomic mass is 16.4. The van der Waals surface area contributed by atoms with Gasteiger partial charge in [0.2, 0.25) is 5.91 Å². The maximum atomic E-state index is 10.2. The molecule has 0 radical (unpaired) electrons. The van der Waals surface area contributed by atoms with E-state index >= 15 is 0 Å². The van der Waals surface area contributed by atoms with Gasteiger partial charge in [-0.1, -0.05) is 0 Å². The lowest BCUT2D eigenvalue weighted by atomic mass is 10.6. The van der Waals surface area contributed by atoms with Gasteiger partial charge in [-0.25, -0.2) is 9.79 Å². The largest absolute Gasteiger partial charge is 0.478 e. The number of amides is 1. The Morgan fingerprint density at radius 2 is 2.18 bits per heavy atom. The van der Waals surface area contributed by atoms with E-state index in [0.717, 1.165) is 18.6 Å². The number of hydrogen-bond acceptors (Lipinski definition) is 3. The minimum Gasteiger partial charge on any atom is -0.478 e. The van der Waals surface area contributed by atoms with Gasteiger partial charge < -0.3 is 10.4 Å². The monoisotopic (exact) mass is 156 g/mol. The van der Waals surface area contributed by atoms with Gasteiger partial charge in [0, 0.05) is 19.2 Å². The van der Waals surface area contributed by atoms with E-state index in [0.29, 0.717) is 0 Å². The van der Waals surface area contributed by atoms with E-state index in [1.807, 2.05) is 0 Å². The predicted octanol–water partition coefficient (Wildman–Crippen LogP) is -0.251. The van der Waals surface area contributed by atoms with Crippen molar-refractivity contribution in [3.05, 3.63) is 12.3 Å². The number of rotatable bonds is 3. The molecule has 0 aromatic heterocycles. The lowest BCUT2D eigenvalue weighted by Gasteiger charge is -1.85. The van der Waals surface area contributed by atoms with Gasteiger partial charge in [-0.3, -0.25) is 4.79 Å². The van der Waals surface area contributed by atoms with E-state index in [1.165, 1.54) is 6.92 Å². The zero-order chi connectivity index (χ0) is 8.69. The molecule has 0 aliphatic rings. The van der Waals surface area contributed by atoms with Crippen molar-refractivity contribution in [3.8, 4) is 0 Å². The molecule has 0 aromatic carbocycles. The Morgan fingerprint density at radius 1 is 1.55 bits per heavy atom. The Hall–Kier alpha value is -1.65. The minimum absolute atomic E-state index is 0.252. The second kappa shape index (κ2) is 5.16. The van der Waals surface area contributed by atoms with Gasteiger partial charge in [0.05, 0.1) is 6.34 Å². The zero-order valence-corrected chi connectivity index (χ0v) is 5.94. The number of hydrogen-bond donors (Lipinski definition) is 2. The van der Waals surface area contributed by atoms with Crippen molar-refractivity contribution >= 4 is 18.2 Å². The van der Waals surface area contributed by atoms with Crippen LogP contribution in [0.5, 0.6) is 0 Å². The van der Waals surface area contributed by atoms with Crippen molar-refractivity contribution in [2.24, 2.45) is 4.99 Å². The topological polar surface area (TPSA) is 78.8 Å². The van der Waals surface area contributed by atoms with Crippen LogP contribution < -0.4 is 5.32 Å². The average molecular weight is 156 g/mol. The fraction of sp³-hybridized carbons (Fsp3) is 0.167. The Labute approximate surface area is 63.4 Å². The third-order valence-corrected chi connectivity index (χ3v) is 0.646. The maximum Gasteiger partial charge on any atom is 0.329 e. The van der Waals surface area contributed by atoms with Crippen molar-refractivity contribution < 1.29 is 14.7 Å². The molecule has 0 aliphatic carbocycles. The van der Waals surface area contributed by atoms with Crippen LogP contribution in [0, 0.1) is 0 Å². The van der Waals surface area contributed by atoms with Crippen molar-refractivity contribution in [1.29, 1.82) is 0 Å². The fourth-order valence-corrected chi connectivity index (χ4v) is 0.278. The molecule has 0 bridgehead atoms. The van der Waals surface area contributed by atoms with Crippen LogP contribution in [0.1, 0.15) is 6.92 Å². The van der Waals surface area contributed by atoms with E-state index < -0.39 is 5.97 Å². The van der Waals surface area contributed by atoms with Crippen LogP contribution in [-0.2, 0) is 9.59 Å². The standard InChI is InChI=1S/C6H8N2O3/c1-5(9)8-4-7-3-2-6(10)11/h2-4H,1H3,(H,10,11)(H,7,8,9)/b3-2+. The summed E-state index contributed by atoms with van der Waals surface area (Å²) in [6.45, 7) is 1.33. The Balaban J connectivity index is 3.60. The molecule has 0 rings (SSSR count). The second-order valence-corrected chi connectivity index (χ2v) is 1.63. The SMILES string of the molecule is CC(=O)NC=N/C=C/C(=O)O. The molecule has 0 saturated heterocycles. The number of aliphatic carboxylic acids is 1. The van der Waals surface area contributed by atoms with Gasteiger partial charge >= 0.3 is 5.97 Å². The quantitative estimate of drug-likeness (QED) is 0.336. The lowest BCUT2D eigenvalue weighted by molar-refractivity contribution is -0.131. The first-order valence-electron chi connectivity index (χ1n) is 2.81. The summed E-state index contributed by atoms with van der Waals surface area (Å²) >= 11 is 0. The summed E-state index contributed by atoms with van der Waals surface area (Å²) < 4.78 is 0. The van der Waals surface area contributed by atoms with Crippen LogP contribution in [-0.4, -0.2) is 23.3 Å². The van der Waals surface area contributed by atoms with E-state index in [9.17, 15) is 9.59 Å². The molecule has 5 nitrogen and oxygen atoms in total. The number of carbonyl (C=O) groups is 2. The maximum absolute atomic E-state index is 10.2.